The predicted molar refractivity (Wildman–Crippen MR) is 41.2 cm³/mol. The van der Waals surface area contributed by atoms with E-state index in [1.165, 1.54) is 0 Å². The third kappa shape index (κ3) is 1.48. The third-order valence-electron chi connectivity index (χ3n) is 1.77. The van der Waals surface area contributed by atoms with Crippen LogP contribution in [0.5, 0.6) is 0 Å². The number of hydrogen-bond acceptors (Lipinski definition) is 1. The molecule has 2 unspecified atom stereocenters. The molecule has 0 saturated heterocycles. The van der Waals surface area contributed by atoms with E-state index >= 15 is 0 Å². The van der Waals surface area contributed by atoms with E-state index in [0.29, 0.717) is 5.92 Å². The molecule has 0 aromatic heterocycles. The van der Waals surface area contributed by atoms with Crippen LogP contribution in [-0.2, 0) is 0 Å². The molecule has 0 fully saturated rings. The Hall–Kier alpha value is -1.03. The van der Waals surface area contributed by atoms with Crippen molar-refractivity contribution in [3.63, 3.8) is 0 Å². The summed E-state index contributed by atoms with van der Waals surface area (Å²) in [4.78, 5) is 0. The van der Waals surface area contributed by atoms with Gasteiger partial charge in [0.1, 0.15) is 0 Å². The second-order valence-corrected chi connectivity index (χ2v) is 2.61. The van der Waals surface area contributed by atoms with Crippen LogP contribution in [0.25, 0.3) is 0 Å². The molecule has 10 heavy (non-hydrogen) atoms. The average molecular weight is 133 g/mol. The van der Waals surface area contributed by atoms with Gasteiger partial charge in [0.25, 0.3) is 0 Å². The normalized spacial score (nSPS) is 31.2. The van der Waals surface area contributed by atoms with E-state index in [4.69, 9.17) is 5.26 Å². The van der Waals surface area contributed by atoms with Crippen LogP contribution in [0.2, 0.25) is 0 Å². The lowest BCUT2D eigenvalue weighted by Gasteiger charge is -2.05. The smallest absolute Gasteiger partial charge is 0.0703 e. The number of nitrogens with zero attached hydrogens (tertiary/aromatic N) is 1. The summed E-state index contributed by atoms with van der Waals surface area (Å²) >= 11 is 0. The molecule has 0 radical (unpaired) electrons. The Morgan fingerprint density at radius 3 is 2.80 bits per heavy atom. The van der Waals surface area contributed by atoms with Crippen LogP contribution in [-0.4, -0.2) is 0 Å². The molecule has 1 nitrogen and oxygen atoms in total. The van der Waals surface area contributed by atoms with Crippen molar-refractivity contribution in [1.29, 1.82) is 5.26 Å². The Bertz CT molecular complexity index is 195. The monoisotopic (exact) mass is 133 g/mol. The minimum Gasteiger partial charge on any atom is -0.198 e. The highest BCUT2D eigenvalue weighted by atomic mass is 14.3. The zero-order valence-electron chi connectivity index (χ0n) is 6.12. The zero-order chi connectivity index (χ0) is 7.40. The van der Waals surface area contributed by atoms with Crippen molar-refractivity contribution >= 4 is 0 Å². The van der Waals surface area contributed by atoms with Gasteiger partial charge in [-0.15, -0.1) is 0 Å². The lowest BCUT2D eigenvalue weighted by atomic mass is 9.96. The van der Waals surface area contributed by atoms with Crippen molar-refractivity contribution in [2.75, 3.05) is 0 Å². The van der Waals surface area contributed by atoms with E-state index in [-0.39, 0.29) is 5.92 Å². The molecule has 52 valence electrons. The van der Waals surface area contributed by atoms with Gasteiger partial charge in [-0.2, -0.15) is 5.26 Å². The topological polar surface area (TPSA) is 23.8 Å². The first-order chi connectivity index (χ1) is 4.84. The fourth-order valence-electron chi connectivity index (χ4n) is 1.05. The summed E-state index contributed by atoms with van der Waals surface area (Å²) in [6.45, 7) is 2.07. The van der Waals surface area contributed by atoms with Gasteiger partial charge in [-0.1, -0.05) is 31.2 Å². The van der Waals surface area contributed by atoms with Crippen LogP contribution in [0.4, 0.5) is 0 Å². The molecular weight excluding hydrogens is 122 g/mol. The van der Waals surface area contributed by atoms with Crippen molar-refractivity contribution in [2.45, 2.75) is 13.3 Å². The van der Waals surface area contributed by atoms with Crippen molar-refractivity contribution in [2.24, 2.45) is 11.8 Å². The molecule has 1 rings (SSSR count). The summed E-state index contributed by atoms with van der Waals surface area (Å²) in [6.07, 6.45) is 9.23. The summed E-state index contributed by atoms with van der Waals surface area (Å²) in [5.74, 6) is 0.461. The summed E-state index contributed by atoms with van der Waals surface area (Å²) in [6, 6.07) is 2.26. The average Bonchev–Trinajstić information content (AvgIpc) is 2.13. The van der Waals surface area contributed by atoms with E-state index in [1.807, 2.05) is 12.2 Å². The summed E-state index contributed by atoms with van der Waals surface area (Å²) in [7, 11) is 0. The fourth-order valence-corrected chi connectivity index (χ4v) is 1.05. The minimum atomic E-state index is 0.0822. The summed E-state index contributed by atoms with van der Waals surface area (Å²) in [5.41, 5.74) is 0. The number of hydrogen-bond donors (Lipinski definition) is 0. The molecule has 1 aliphatic carbocycles. The second kappa shape index (κ2) is 3.22. The molecule has 0 heterocycles. The standard InChI is InChI=1S/C9H11N/c1-8-5-3-2-4-6-9(8)7-10/h3-6,8-9H,2H2,1H3. The highest BCUT2D eigenvalue weighted by Gasteiger charge is 2.10. The molecule has 0 spiro atoms. The molecule has 1 aliphatic rings. The van der Waals surface area contributed by atoms with Crippen LogP contribution in [0.15, 0.2) is 24.3 Å². The Labute approximate surface area is 61.7 Å². The summed E-state index contributed by atoms with van der Waals surface area (Å²) < 4.78 is 0. The largest absolute Gasteiger partial charge is 0.198 e. The SMILES string of the molecule is CC1C=CCC=CC1C#N. The first-order valence-electron chi connectivity index (χ1n) is 3.57. The van der Waals surface area contributed by atoms with Crippen LogP contribution < -0.4 is 0 Å². The van der Waals surface area contributed by atoms with Gasteiger partial charge in [0, 0.05) is 0 Å². The van der Waals surface area contributed by atoms with Gasteiger partial charge in [-0.05, 0) is 12.3 Å². The van der Waals surface area contributed by atoms with Gasteiger partial charge in [-0.3, -0.25) is 0 Å². The van der Waals surface area contributed by atoms with Crippen LogP contribution >= 0.6 is 0 Å². The van der Waals surface area contributed by atoms with E-state index in [0.717, 1.165) is 6.42 Å². The number of rotatable bonds is 0. The van der Waals surface area contributed by atoms with Gasteiger partial charge < -0.3 is 0 Å². The maximum Gasteiger partial charge on any atom is 0.0703 e. The summed E-state index contributed by atoms with van der Waals surface area (Å²) in [5, 5.41) is 8.65. The molecule has 0 amide bonds. The number of allylic oxidation sites excluding steroid dienone is 4. The maximum absolute atomic E-state index is 8.65. The molecule has 0 aromatic carbocycles. The predicted octanol–water partition coefficient (Wildman–Crippen LogP) is 2.28. The Morgan fingerprint density at radius 2 is 2.10 bits per heavy atom. The second-order valence-electron chi connectivity index (χ2n) is 2.61. The van der Waals surface area contributed by atoms with Crippen molar-refractivity contribution in [3.05, 3.63) is 24.3 Å². The lowest BCUT2D eigenvalue weighted by molar-refractivity contribution is 0.626. The molecule has 0 saturated carbocycles. The fraction of sp³-hybridized carbons (Fsp3) is 0.444. The quantitative estimate of drug-likeness (QED) is 0.465. The van der Waals surface area contributed by atoms with E-state index in [2.05, 4.69) is 25.1 Å². The lowest BCUT2D eigenvalue weighted by Crippen LogP contribution is -2.02. The molecule has 0 N–H and O–H groups in total. The molecule has 0 aliphatic heterocycles. The maximum atomic E-state index is 8.65. The van der Waals surface area contributed by atoms with Gasteiger partial charge in [0.05, 0.1) is 12.0 Å². The van der Waals surface area contributed by atoms with E-state index in [9.17, 15) is 0 Å². The van der Waals surface area contributed by atoms with E-state index in [1.54, 1.807) is 0 Å². The minimum absolute atomic E-state index is 0.0822. The Morgan fingerprint density at radius 1 is 1.40 bits per heavy atom. The van der Waals surface area contributed by atoms with Crippen LogP contribution in [0, 0.1) is 23.2 Å². The Kier molecular flexibility index (Phi) is 2.28. The van der Waals surface area contributed by atoms with E-state index < -0.39 is 0 Å². The van der Waals surface area contributed by atoms with Gasteiger partial charge in [0.2, 0.25) is 0 Å². The van der Waals surface area contributed by atoms with Crippen LogP contribution in [0.1, 0.15) is 13.3 Å². The highest BCUT2D eigenvalue weighted by molar-refractivity contribution is 5.11. The van der Waals surface area contributed by atoms with Gasteiger partial charge in [0.15, 0.2) is 0 Å². The zero-order valence-corrected chi connectivity index (χ0v) is 6.12. The third-order valence-corrected chi connectivity index (χ3v) is 1.77. The molecule has 0 bridgehead atoms. The van der Waals surface area contributed by atoms with Crippen LogP contribution in [0.3, 0.4) is 0 Å². The van der Waals surface area contributed by atoms with Gasteiger partial charge >= 0.3 is 0 Å². The first kappa shape index (κ1) is 7.08. The highest BCUT2D eigenvalue weighted by Crippen LogP contribution is 2.16. The van der Waals surface area contributed by atoms with Gasteiger partial charge in [-0.25, -0.2) is 0 Å². The molecule has 1 heteroatoms. The van der Waals surface area contributed by atoms with Crippen molar-refractivity contribution in [1.82, 2.24) is 0 Å². The Balaban J connectivity index is 2.72. The van der Waals surface area contributed by atoms with Crippen molar-refractivity contribution < 1.29 is 0 Å². The number of nitriles is 1. The molecule has 2 atom stereocenters. The van der Waals surface area contributed by atoms with Crippen molar-refractivity contribution in [3.8, 4) is 6.07 Å². The molecule has 0 aromatic rings. The first-order valence-corrected chi connectivity index (χ1v) is 3.57. The molecular formula is C9H11N.